The third kappa shape index (κ3) is 3.87. The average molecular weight is 372 g/mol. The lowest BCUT2D eigenvalue weighted by molar-refractivity contribution is 0.100. The number of nitrogens with one attached hydrogen (secondary N) is 1. The zero-order valence-electron chi connectivity index (χ0n) is 16.2. The molecular weight excluding hydrogens is 346 g/mol. The van der Waals surface area contributed by atoms with Crippen LogP contribution in [0.5, 0.6) is 0 Å². The van der Waals surface area contributed by atoms with Crippen LogP contribution in [-0.2, 0) is 5.41 Å². The van der Waals surface area contributed by atoms with Gasteiger partial charge in [0.05, 0.1) is 5.56 Å². The summed E-state index contributed by atoms with van der Waals surface area (Å²) in [5.41, 5.74) is 2.55. The van der Waals surface area contributed by atoms with Gasteiger partial charge in [-0.05, 0) is 59.4 Å². The monoisotopic (exact) mass is 372 g/mol. The quantitative estimate of drug-likeness (QED) is 0.691. The summed E-state index contributed by atoms with van der Waals surface area (Å²) in [6.07, 6.45) is 0.529. The lowest BCUT2D eigenvalue weighted by Crippen LogP contribution is -2.17. The predicted octanol–water partition coefficient (Wildman–Crippen LogP) is 6.08. The number of anilines is 1. The Morgan fingerprint density at radius 1 is 1.26 bits per heavy atom. The molecular formula is C22H26F2N2O. The molecule has 3 nitrogen and oxygen atoms in total. The molecule has 1 aliphatic rings. The van der Waals surface area contributed by atoms with E-state index < -0.39 is 18.0 Å². The summed E-state index contributed by atoms with van der Waals surface area (Å²) in [6.45, 7) is 8.81. The number of fused-ring (bicyclic) bond motifs is 1. The van der Waals surface area contributed by atoms with Crippen LogP contribution in [0.3, 0.4) is 0 Å². The van der Waals surface area contributed by atoms with Crippen LogP contribution in [0.4, 0.5) is 14.5 Å². The summed E-state index contributed by atoms with van der Waals surface area (Å²) in [6, 6.07) is 8.79. The molecule has 0 saturated carbocycles. The number of pyridine rings is 1. The van der Waals surface area contributed by atoms with Gasteiger partial charge in [-0.15, -0.1) is 0 Å². The molecule has 1 N–H and O–H groups in total. The van der Waals surface area contributed by atoms with Crippen LogP contribution in [0.15, 0.2) is 36.5 Å². The van der Waals surface area contributed by atoms with Gasteiger partial charge in [0, 0.05) is 11.9 Å². The molecule has 0 saturated heterocycles. The molecule has 27 heavy (non-hydrogen) atoms. The van der Waals surface area contributed by atoms with Crippen molar-refractivity contribution in [1.29, 1.82) is 0 Å². The molecule has 1 aromatic heterocycles. The van der Waals surface area contributed by atoms with E-state index in [-0.39, 0.29) is 11.0 Å². The molecule has 1 unspecified atom stereocenters. The van der Waals surface area contributed by atoms with Crippen LogP contribution in [0.2, 0.25) is 0 Å². The number of halogens is 2. The summed E-state index contributed by atoms with van der Waals surface area (Å²) < 4.78 is 26.4. The van der Waals surface area contributed by atoms with E-state index in [4.69, 9.17) is 0 Å². The number of benzene rings is 1. The fourth-order valence-corrected chi connectivity index (χ4v) is 4.28. The number of carbonyl (C=O) groups excluding carboxylic acids is 1. The Morgan fingerprint density at radius 3 is 2.67 bits per heavy atom. The number of hydrogen-bond acceptors (Lipinski definition) is 2. The van der Waals surface area contributed by atoms with Gasteiger partial charge in [0.25, 0.3) is 12.3 Å². The molecule has 1 aliphatic carbocycles. The van der Waals surface area contributed by atoms with Crippen LogP contribution >= 0.6 is 0 Å². The maximum Gasteiger partial charge on any atom is 0.281 e. The first-order valence-corrected chi connectivity index (χ1v) is 9.38. The minimum Gasteiger partial charge on any atom is -0.322 e. The van der Waals surface area contributed by atoms with Crippen molar-refractivity contribution in [2.24, 2.45) is 5.92 Å². The number of amides is 1. The Labute approximate surface area is 159 Å². The molecule has 144 valence electrons. The van der Waals surface area contributed by atoms with Gasteiger partial charge < -0.3 is 5.32 Å². The number of carbonyl (C=O) groups is 1. The predicted molar refractivity (Wildman–Crippen MR) is 103 cm³/mol. The van der Waals surface area contributed by atoms with Crippen molar-refractivity contribution in [3.05, 3.63) is 58.9 Å². The largest absolute Gasteiger partial charge is 0.322 e. The third-order valence-corrected chi connectivity index (χ3v) is 5.29. The summed E-state index contributed by atoms with van der Waals surface area (Å²) in [4.78, 5) is 16.4. The lowest BCUT2D eigenvalue weighted by atomic mass is 9.85. The van der Waals surface area contributed by atoms with E-state index >= 15 is 0 Å². The van der Waals surface area contributed by atoms with Crippen molar-refractivity contribution in [3.8, 4) is 0 Å². The number of alkyl halides is 2. The van der Waals surface area contributed by atoms with Gasteiger partial charge in [-0.25, -0.2) is 8.78 Å². The van der Waals surface area contributed by atoms with Gasteiger partial charge in [-0.1, -0.05) is 39.8 Å². The van der Waals surface area contributed by atoms with Gasteiger partial charge >= 0.3 is 0 Å². The Balaban J connectivity index is 1.98. The van der Waals surface area contributed by atoms with Gasteiger partial charge in [0.1, 0.15) is 5.69 Å². The van der Waals surface area contributed by atoms with E-state index in [1.807, 2.05) is 12.1 Å². The maximum absolute atomic E-state index is 13.2. The van der Waals surface area contributed by atoms with Crippen LogP contribution in [0.1, 0.15) is 80.1 Å². The highest BCUT2D eigenvalue weighted by atomic mass is 19.3. The standard InChI is InChI=1S/C22H26F2N2O/c1-13(2)11-14-12-22(3,4)16-8-5-9-17(18(14)16)26-21(27)15-7-6-10-25-19(15)20(23)24/h5-10,13-14,20H,11-12H2,1-4H3,(H,26,27). The zero-order chi connectivity index (χ0) is 19.8. The molecule has 1 amide bonds. The highest BCUT2D eigenvalue weighted by molar-refractivity contribution is 6.05. The molecule has 1 heterocycles. The Hall–Kier alpha value is -2.30. The van der Waals surface area contributed by atoms with Gasteiger partial charge in [-0.2, -0.15) is 0 Å². The molecule has 2 aromatic rings. The zero-order valence-corrected chi connectivity index (χ0v) is 16.2. The minimum atomic E-state index is -2.79. The summed E-state index contributed by atoms with van der Waals surface area (Å²) in [7, 11) is 0. The Kier molecular flexibility index (Phi) is 5.31. The van der Waals surface area contributed by atoms with E-state index in [0.29, 0.717) is 11.8 Å². The molecule has 0 aliphatic heterocycles. The Bertz CT molecular complexity index is 846. The first kappa shape index (κ1) is 19.5. The first-order chi connectivity index (χ1) is 12.7. The first-order valence-electron chi connectivity index (χ1n) is 9.38. The van der Waals surface area contributed by atoms with Crippen LogP contribution in [0.25, 0.3) is 0 Å². The van der Waals surface area contributed by atoms with Gasteiger partial charge in [0.2, 0.25) is 0 Å². The smallest absolute Gasteiger partial charge is 0.281 e. The fourth-order valence-electron chi connectivity index (χ4n) is 4.28. The fraction of sp³-hybridized carbons (Fsp3) is 0.455. The van der Waals surface area contributed by atoms with Crippen molar-refractivity contribution in [1.82, 2.24) is 4.98 Å². The molecule has 0 fully saturated rings. The van der Waals surface area contributed by atoms with Crippen molar-refractivity contribution >= 4 is 11.6 Å². The molecule has 3 rings (SSSR count). The van der Waals surface area contributed by atoms with Crippen molar-refractivity contribution in [2.45, 2.75) is 58.3 Å². The average Bonchev–Trinajstić information content (AvgIpc) is 2.85. The van der Waals surface area contributed by atoms with E-state index in [1.165, 1.54) is 23.9 Å². The number of aromatic nitrogens is 1. The minimum absolute atomic E-state index is 0.0259. The van der Waals surface area contributed by atoms with E-state index in [1.54, 1.807) is 0 Å². The SMILES string of the molecule is CC(C)CC1CC(C)(C)c2cccc(NC(=O)c3cccnc3C(F)F)c21. The van der Waals surface area contributed by atoms with Gasteiger partial charge in [-0.3, -0.25) is 9.78 Å². The maximum atomic E-state index is 13.2. The van der Waals surface area contributed by atoms with Crippen molar-refractivity contribution in [2.75, 3.05) is 5.32 Å². The van der Waals surface area contributed by atoms with Crippen molar-refractivity contribution in [3.63, 3.8) is 0 Å². The molecule has 1 aromatic carbocycles. The van der Waals surface area contributed by atoms with Crippen LogP contribution in [-0.4, -0.2) is 10.9 Å². The second-order valence-corrected chi connectivity index (χ2v) is 8.37. The van der Waals surface area contributed by atoms with Gasteiger partial charge in [0.15, 0.2) is 0 Å². The number of hydrogen-bond donors (Lipinski definition) is 1. The molecule has 0 bridgehead atoms. The molecule has 0 spiro atoms. The second kappa shape index (κ2) is 7.37. The highest BCUT2D eigenvalue weighted by Crippen LogP contribution is 2.50. The van der Waals surface area contributed by atoms with Crippen molar-refractivity contribution < 1.29 is 13.6 Å². The Morgan fingerprint density at radius 2 is 2.00 bits per heavy atom. The third-order valence-electron chi connectivity index (χ3n) is 5.29. The molecule has 5 heteroatoms. The topological polar surface area (TPSA) is 42.0 Å². The summed E-state index contributed by atoms with van der Waals surface area (Å²) >= 11 is 0. The number of nitrogens with zero attached hydrogens (tertiary/aromatic N) is 1. The van der Waals surface area contributed by atoms with E-state index in [0.717, 1.165) is 24.1 Å². The normalized spacial score (nSPS) is 18.0. The summed E-state index contributed by atoms with van der Waals surface area (Å²) in [5, 5.41) is 2.88. The summed E-state index contributed by atoms with van der Waals surface area (Å²) in [5.74, 6) is 0.332. The highest BCUT2D eigenvalue weighted by Gasteiger charge is 2.38. The van der Waals surface area contributed by atoms with E-state index in [2.05, 4.69) is 44.1 Å². The second-order valence-electron chi connectivity index (χ2n) is 8.37. The van der Waals surface area contributed by atoms with Crippen LogP contribution in [0, 0.1) is 5.92 Å². The molecule has 0 radical (unpaired) electrons. The lowest BCUT2D eigenvalue weighted by Gasteiger charge is -2.19. The van der Waals surface area contributed by atoms with Crippen LogP contribution < -0.4 is 5.32 Å². The number of rotatable bonds is 5. The molecule has 1 atom stereocenters. The van der Waals surface area contributed by atoms with E-state index in [9.17, 15) is 13.6 Å².